The minimum atomic E-state index is -3.00. The van der Waals surface area contributed by atoms with Gasteiger partial charge in [-0.2, -0.15) is 0 Å². The van der Waals surface area contributed by atoms with Crippen LogP contribution in [0.4, 0.5) is 5.88 Å². The topological polar surface area (TPSA) is 86.2 Å². The number of sulfone groups is 1. The van der Waals surface area contributed by atoms with E-state index in [2.05, 4.69) is 5.16 Å². The summed E-state index contributed by atoms with van der Waals surface area (Å²) in [7, 11) is -3.00. The van der Waals surface area contributed by atoms with Gasteiger partial charge in [-0.05, 0) is 5.56 Å². The molecule has 2 aromatic rings. The normalized spacial score (nSPS) is 11.6. The number of nitrogen functional groups attached to an aromatic ring is 1. The molecule has 2 rings (SSSR count). The monoisotopic (exact) mass is 252 g/mol. The van der Waals surface area contributed by atoms with Crippen LogP contribution in [0, 0.1) is 0 Å². The zero-order valence-corrected chi connectivity index (χ0v) is 10.1. The van der Waals surface area contributed by atoms with E-state index in [4.69, 9.17) is 10.3 Å². The van der Waals surface area contributed by atoms with E-state index >= 15 is 0 Å². The van der Waals surface area contributed by atoms with E-state index in [-0.39, 0.29) is 11.6 Å². The number of hydrogen-bond acceptors (Lipinski definition) is 5. The predicted molar refractivity (Wildman–Crippen MR) is 64.9 cm³/mol. The summed E-state index contributed by atoms with van der Waals surface area (Å²) in [4.78, 5) is 0. The highest BCUT2D eigenvalue weighted by molar-refractivity contribution is 7.89. The molecule has 1 heterocycles. The van der Waals surface area contributed by atoms with E-state index in [1.54, 1.807) is 30.3 Å². The van der Waals surface area contributed by atoms with Crippen molar-refractivity contribution >= 4 is 15.7 Å². The lowest BCUT2D eigenvalue weighted by Gasteiger charge is -2.00. The highest BCUT2D eigenvalue weighted by Gasteiger charge is 2.07. The van der Waals surface area contributed by atoms with Gasteiger partial charge in [-0.1, -0.05) is 29.4 Å². The van der Waals surface area contributed by atoms with Gasteiger partial charge >= 0.3 is 0 Å². The van der Waals surface area contributed by atoms with Crippen LogP contribution in [0.5, 0.6) is 0 Å². The number of nitrogens with two attached hydrogens (primary N) is 1. The van der Waals surface area contributed by atoms with Gasteiger partial charge in [0, 0.05) is 17.9 Å². The Morgan fingerprint density at radius 1 is 1.29 bits per heavy atom. The van der Waals surface area contributed by atoms with Crippen LogP contribution in [0.3, 0.4) is 0 Å². The van der Waals surface area contributed by atoms with E-state index in [1.165, 1.54) is 6.26 Å². The number of rotatable bonds is 3. The number of anilines is 1. The van der Waals surface area contributed by atoms with Crippen molar-refractivity contribution in [1.82, 2.24) is 5.16 Å². The SMILES string of the molecule is CS(=O)(=O)Cc1ccc(-c2cc(N)on2)cc1. The van der Waals surface area contributed by atoms with Crippen LogP contribution in [0.2, 0.25) is 0 Å². The molecule has 0 saturated carbocycles. The third-order valence-electron chi connectivity index (χ3n) is 2.21. The first kappa shape index (κ1) is 11.7. The lowest BCUT2D eigenvalue weighted by molar-refractivity contribution is 0.439. The van der Waals surface area contributed by atoms with Crippen molar-refractivity contribution in [2.45, 2.75) is 5.75 Å². The van der Waals surface area contributed by atoms with Crippen molar-refractivity contribution in [1.29, 1.82) is 0 Å². The summed E-state index contributed by atoms with van der Waals surface area (Å²) in [6.07, 6.45) is 1.21. The van der Waals surface area contributed by atoms with Crippen molar-refractivity contribution in [3.63, 3.8) is 0 Å². The lowest BCUT2D eigenvalue weighted by Crippen LogP contribution is -2.00. The highest BCUT2D eigenvalue weighted by Crippen LogP contribution is 2.20. The van der Waals surface area contributed by atoms with Crippen LogP contribution in [-0.2, 0) is 15.6 Å². The standard InChI is InChI=1S/C11H12N2O3S/c1-17(14,15)7-8-2-4-9(5-3-8)10-6-11(12)16-13-10/h2-6H,7,12H2,1H3. The molecule has 0 atom stereocenters. The zero-order chi connectivity index (χ0) is 12.5. The molecule has 1 aromatic heterocycles. The maximum atomic E-state index is 11.1. The maximum absolute atomic E-state index is 11.1. The van der Waals surface area contributed by atoms with Crippen molar-refractivity contribution in [3.8, 4) is 11.3 Å². The van der Waals surface area contributed by atoms with Gasteiger partial charge in [-0.3, -0.25) is 0 Å². The molecule has 0 amide bonds. The smallest absolute Gasteiger partial charge is 0.222 e. The van der Waals surface area contributed by atoms with Crippen LogP contribution in [0.25, 0.3) is 11.3 Å². The van der Waals surface area contributed by atoms with Crippen LogP contribution in [-0.4, -0.2) is 19.8 Å². The fourth-order valence-corrected chi connectivity index (χ4v) is 2.30. The Kier molecular flexibility index (Phi) is 2.89. The van der Waals surface area contributed by atoms with E-state index < -0.39 is 9.84 Å². The first-order valence-electron chi connectivity index (χ1n) is 4.93. The first-order chi connectivity index (χ1) is 7.94. The second kappa shape index (κ2) is 4.21. The van der Waals surface area contributed by atoms with E-state index in [9.17, 15) is 8.42 Å². The molecule has 17 heavy (non-hydrogen) atoms. The summed E-state index contributed by atoms with van der Waals surface area (Å²) in [5.74, 6) is 0.286. The summed E-state index contributed by atoms with van der Waals surface area (Å²) in [5, 5.41) is 3.77. The van der Waals surface area contributed by atoms with Gasteiger partial charge < -0.3 is 10.3 Å². The molecule has 0 spiro atoms. The third kappa shape index (κ3) is 3.07. The molecule has 6 heteroatoms. The van der Waals surface area contributed by atoms with Gasteiger partial charge in [0.05, 0.1) is 5.75 Å². The third-order valence-corrected chi connectivity index (χ3v) is 3.06. The molecule has 0 saturated heterocycles. The summed E-state index contributed by atoms with van der Waals surface area (Å²) < 4.78 is 27.0. The molecule has 0 aliphatic heterocycles. The minimum Gasteiger partial charge on any atom is -0.368 e. The molecule has 0 bridgehead atoms. The molecule has 0 aliphatic rings. The Morgan fingerprint density at radius 2 is 1.94 bits per heavy atom. The quantitative estimate of drug-likeness (QED) is 0.893. The summed E-state index contributed by atoms with van der Waals surface area (Å²) in [6, 6.07) is 8.70. The molecule has 90 valence electrons. The number of nitrogens with zero attached hydrogens (tertiary/aromatic N) is 1. The van der Waals surface area contributed by atoms with Crippen LogP contribution in [0.1, 0.15) is 5.56 Å². The predicted octanol–water partition coefficient (Wildman–Crippen LogP) is 1.47. The molecule has 5 nitrogen and oxygen atoms in total. The molecular weight excluding hydrogens is 240 g/mol. The minimum absolute atomic E-state index is 0.0359. The molecule has 2 N–H and O–H groups in total. The summed E-state index contributed by atoms with van der Waals surface area (Å²) in [5.41, 5.74) is 7.63. The Bertz CT molecular complexity index is 614. The Hall–Kier alpha value is -1.82. The van der Waals surface area contributed by atoms with Crippen molar-refractivity contribution in [3.05, 3.63) is 35.9 Å². The molecular formula is C11H12N2O3S. The molecule has 0 fully saturated rings. The summed E-state index contributed by atoms with van der Waals surface area (Å²) in [6.45, 7) is 0. The van der Waals surface area contributed by atoms with Crippen molar-refractivity contribution < 1.29 is 12.9 Å². The van der Waals surface area contributed by atoms with Crippen LogP contribution >= 0.6 is 0 Å². The molecule has 0 radical (unpaired) electrons. The summed E-state index contributed by atoms with van der Waals surface area (Å²) >= 11 is 0. The lowest BCUT2D eigenvalue weighted by atomic mass is 10.1. The maximum Gasteiger partial charge on any atom is 0.222 e. The fraction of sp³-hybridized carbons (Fsp3) is 0.182. The second-order valence-electron chi connectivity index (χ2n) is 3.88. The average molecular weight is 252 g/mol. The van der Waals surface area contributed by atoms with Gasteiger partial charge in [0.25, 0.3) is 0 Å². The number of hydrogen-bond donors (Lipinski definition) is 1. The van der Waals surface area contributed by atoms with Crippen molar-refractivity contribution in [2.75, 3.05) is 12.0 Å². The van der Waals surface area contributed by atoms with Gasteiger partial charge in [0.15, 0.2) is 9.84 Å². The molecule has 0 aliphatic carbocycles. The fourth-order valence-electron chi connectivity index (χ4n) is 1.50. The van der Waals surface area contributed by atoms with Crippen LogP contribution in [0.15, 0.2) is 34.9 Å². The highest BCUT2D eigenvalue weighted by atomic mass is 32.2. The van der Waals surface area contributed by atoms with Crippen molar-refractivity contribution in [2.24, 2.45) is 0 Å². The number of aromatic nitrogens is 1. The zero-order valence-electron chi connectivity index (χ0n) is 9.25. The Labute approximate surface area is 99.1 Å². The Morgan fingerprint density at radius 3 is 2.41 bits per heavy atom. The van der Waals surface area contributed by atoms with Crippen LogP contribution < -0.4 is 5.73 Å². The average Bonchev–Trinajstić information content (AvgIpc) is 2.63. The van der Waals surface area contributed by atoms with E-state index in [1.807, 2.05) is 0 Å². The van der Waals surface area contributed by atoms with Gasteiger partial charge in [-0.15, -0.1) is 0 Å². The first-order valence-corrected chi connectivity index (χ1v) is 6.99. The van der Waals surface area contributed by atoms with Gasteiger partial charge in [0.1, 0.15) is 5.69 Å². The molecule has 0 unspecified atom stereocenters. The van der Waals surface area contributed by atoms with Gasteiger partial charge in [-0.25, -0.2) is 8.42 Å². The Balaban J connectivity index is 2.24. The number of benzene rings is 1. The van der Waals surface area contributed by atoms with Gasteiger partial charge in [0.2, 0.25) is 5.88 Å². The van der Waals surface area contributed by atoms with E-state index in [0.717, 1.165) is 11.1 Å². The second-order valence-corrected chi connectivity index (χ2v) is 6.02. The largest absolute Gasteiger partial charge is 0.368 e. The molecule has 1 aromatic carbocycles. The van der Waals surface area contributed by atoms with E-state index in [0.29, 0.717) is 5.69 Å².